The van der Waals surface area contributed by atoms with Gasteiger partial charge in [0.15, 0.2) is 11.7 Å². The number of fused-ring (bicyclic) bond motifs is 6. The van der Waals surface area contributed by atoms with E-state index in [2.05, 4.69) is 218 Å². The van der Waals surface area contributed by atoms with Crippen LogP contribution in [0.5, 0.6) is 11.5 Å². The molecule has 14 heteroatoms. The van der Waals surface area contributed by atoms with Gasteiger partial charge in [0, 0.05) is 40.9 Å². The molecule has 0 saturated carbocycles. The second kappa shape index (κ2) is 22.4. The predicted octanol–water partition coefficient (Wildman–Crippen LogP) is 11.4. The Hall–Kier alpha value is -7.10. The molecule has 2 amide bonds. The molecule has 80 heavy (non-hydrogen) atoms. The van der Waals surface area contributed by atoms with E-state index in [1.165, 1.54) is 49.5 Å². The molecule has 416 valence electrons. The molecule has 6 aromatic carbocycles. The highest BCUT2D eigenvalue weighted by Crippen LogP contribution is 2.47. The normalized spacial score (nSPS) is 20.1. The summed E-state index contributed by atoms with van der Waals surface area (Å²) in [6, 6.07) is 52.8. The van der Waals surface area contributed by atoms with Crippen molar-refractivity contribution in [3.63, 3.8) is 0 Å². The Morgan fingerprint density at radius 2 is 1.02 bits per heavy atom. The number of likely N-dealkylation sites (tertiary alicyclic amines) is 2. The molecule has 2 atom stereocenters. The topological polar surface area (TPSA) is 115 Å². The Bertz CT molecular complexity index is 3190. The number of rotatable bonds is 15. The maximum atomic E-state index is 13.4. The SMILES string of the molecule is Cc1cc2c(cc1CC1(C)CN(C(c3ccccc3)c3ccccc3)C1)N1C(=NN(COCC[Si](C)(C)C)C(=O)C1C)CO2.Cc1cc2c(cc1CC1(C)CN(C(c3ccccc3)c3ccccc3)C1)N1C(=NNC(=O)C1C)CO2. The monoisotopic (exact) mass is 1090 g/mol. The molecule has 6 aromatic rings. The minimum Gasteiger partial charge on any atom is -0.483 e. The van der Waals surface area contributed by atoms with Gasteiger partial charge in [-0.2, -0.15) is 10.2 Å². The van der Waals surface area contributed by atoms with Crippen LogP contribution in [0.1, 0.15) is 84.3 Å². The number of amides is 2. The minimum atomic E-state index is -1.20. The third kappa shape index (κ3) is 11.5. The predicted molar refractivity (Wildman–Crippen MR) is 322 cm³/mol. The smallest absolute Gasteiger partial charge is 0.267 e. The summed E-state index contributed by atoms with van der Waals surface area (Å²) in [5.41, 5.74) is 15.1. The Morgan fingerprint density at radius 3 is 1.45 bits per heavy atom. The van der Waals surface area contributed by atoms with Gasteiger partial charge in [-0.1, -0.05) is 155 Å². The molecule has 6 heterocycles. The number of benzene rings is 6. The summed E-state index contributed by atoms with van der Waals surface area (Å²) in [6.07, 6.45) is 1.93. The Morgan fingerprint density at radius 1 is 0.613 bits per heavy atom. The average Bonchev–Trinajstić information content (AvgIpc) is 3.59. The molecule has 0 bridgehead atoms. The fraction of sp³-hybridized carbons (Fsp3) is 0.394. The molecule has 0 spiro atoms. The van der Waals surface area contributed by atoms with Crippen molar-refractivity contribution in [2.45, 2.75) is 104 Å². The third-order valence-electron chi connectivity index (χ3n) is 16.9. The number of hydrogen-bond donors (Lipinski definition) is 1. The van der Waals surface area contributed by atoms with E-state index in [0.29, 0.717) is 19.8 Å². The number of ether oxygens (including phenoxy) is 3. The lowest BCUT2D eigenvalue weighted by Gasteiger charge is -2.52. The molecule has 13 nitrogen and oxygen atoms in total. The first-order valence-electron chi connectivity index (χ1n) is 28.6. The summed E-state index contributed by atoms with van der Waals surface area (Å²) in [5, 5.41) is 10.4. The van der Waals surface area contributed by atoms with Crippen LogP contribution in [-0.2, 0) is 27.2 Å². The van der Waals surface area contributed by atoms with Crippen LogP contribution < -0.4 is 24.7 Å². The molecule has 0 aliphatic carbocycles. The van der Waals surface area contributed by atoms with E-state index >= 15 is 0 Å². The number of nitrogens with one attached hydrogen (secondary N) is 1. The van der Waals surface area contributed by atoms with Crippen molar-refractivity contribution in [1.82, 2.24) is 20.2 Å². The summed E-state index contributed by atoms with van der Waals surface area (Å²) in [6.45, 7) is 25.5. The summed E-state index contributed by atoms with van der Waals surface area (Å²) in [5.74, 6) is 3.00. The van der Waals surface area contributed by atoms with E-state index < -0.39 is 8.07 Å². The van der Waals surface area contributed by atoms with Crippen molar-refractivity contribution in [3.8, 4) is 11.5 Å². The van der Waals surface area contributed by atoms with Crippen LogP contribution in [0, 0.1) is 24.7 Å². The second-order valence-electron chi connectivity index (χ2n) is 25.0. The maximum Gasteiger partial charge on any atom is 0.267 e. The van der Waals surface area contributed by atoms with E-state index in [1.54, 1.807) is 0 Å². The maximum absolute atomic E-state index is 13.4. The average molecular weight is 1090 g/mol. The van der Waals surface area contributed by atoms with Crippen molar-refractivity contribution in [2.24, 2.45) is 21.0 Å². The van der Waals surface area contributed by atoms with Crippen LogP contribution in [0.3, 0.4) is 0 Å². The van der Waals surface area contributed by atoms with E-state index in [-0.39, 0.29) is 53.5 Å². The standard InChI is InChI=1S/C36H46N4O3Si.C30H32N4O2/c1-26-19-32-31(40-27(2)35(41)39(37-33(40)22-43-32)25-42-17-18-44(4,5)6)20-30(26)21-36(3)23-38(24-36)34(28-13-9-7-10-14-28)29-15-11-8-12-16-29;1-20-14-26-25(34-21(2)29(35)32-31-27(34)17-36-26)15-24(20)16-30(3)18-33(19-30)28(22-10-6-4-7-11-22)23-12-8-5-9-13-23/h7-16,19-20,27,34H,17-18,21-25H2,1-6H3;4-15,21,28H,16-19H2,1-3H3,(H,32,35). The van der Waals surface area contributed by atoms with E-state index in [9.17, 15) is 9.59 Å². The Kier molecular flexibility index (Phi) is 15.4. The number of nitrogens with zero attached hydrogens (tertiary/aromatic N) is 7. The number of anilines is 2. The lowest BCUT2D eigenvalue weighted by atomic mass is 9.74. The van der Waals surface area contributed by atoms with Gasteiger partial charge in [-0.05, 0) is 126 Å². The lowest BCUT2D eigenvalue weighted by molar-refractivity contribution is -0.138. The first kappa shape index (κ1) is 54.8. The molecule has 0 aromatic heterocycles. The minimum absolute atomic E-state index is 0.0498. The lowest BCUT2D eigenvalue weighted by Crippen LogP contribution is -2.57. The molecule has 2 unspecified atom stereocenters. The Balaban J connectivity index is 0.000000172. The van der Waals surface area contributed by atoms with Gasteiger partial charge in [-0.25, -0.2) is 10.4 Å². The van der Waals surface area contributed by atoms with Crippen LogP contribution >= 0.6 is 0 Å². The van der Waals surface area contributed by atoms with Gasteiger partial charge in [-0.3, -0.25) is 19.4 Å². The zero-order valence-electron chi connectivity index (χ0n) is 48.1. The second-order valence-corrected chi connectivity index (χ2v) is 30.6. The molecule has 2 fully saturated rings. The van der Waals surface area contributed by atoms with Crippen molar-refractivity contribution < 1.29 is 23.8 Å². The fourth-order valence-corrected chi connectivity index (χ4v) is 13.5. The van der Waals surface area contributed by atoms with E-state index in [1.807, 2.05) is 18.7 Å². The molecule has 6 aliphatic rings. The molecular weight excluding hydrogens is 1010 g/mol. The van der Waals surface area contributed by atoms with E-state index in [0.717, 1.165) is 79.6 Å². The van der Waals surface area contributed by atoms with Crippen molar-refractivity contribution in [2.75, 3.05) is 62.5 Å². The highest BCUT2D eigenvalue weighted by molar-refractivity contribution is 6.76. The van der Waals surface area contributed by atoms with E-state index in [4.69, 9.17) is 19.3 Å². The van der Waals surface area contributed by atoms with Gasteiger partial charge >= 0.3 is 0 Å². The molecule has 0 radical (unpaired) electrons. The van der Waals surface area contributed by atoms with Crippen LogP contribution in [-0.4, -0.2) is 111 Å². The number of aryl methyl sites for hydroxylation is 2. The third-order valence-corrected chi connectivity index (χ3v) is 18.6. The van der Waals surface area contributed by atoms with Crippen molar-refractivity contribution in [3.05, 3.63) is 190 Å². The summed E-state index contributed by atoms with van der Waals surface area (Å²) in [7, 11) is -1.20. The van der Waals surface area contributed by atoms with Gasteiger partial charge in [0.2, 0.25) is 0 Å². The Labute approximate surface area is 474 Å². The van der Waals surface area contributed by atoms with Crippen molar-refractivity contribution in [1.29, 1.82) is 0 Å². The fourth-order valence-electron chi connectivity index (χ4n) is 12.8. The molecule has 1 N–H and O–H groups in total. The highest BCUT2D eigenvalue weighted by Gasteiger charge is 2.46. The van der Waals surface area contributed by atoms with Gasteiger partial charge in [0.1, 0.15) is 43.5 Å². The summed E-state index contributed by atoms with van der Waals surface area (Å²) >= 11 is 0. The zero-order chi connectivity index (χ0) is 55.9. The summed E-state index contributed by atoms with van der Waals surface area (Å²) < 4.78 is 18.1. The largest absolute Gasteiger partial charge is 0.483 e. The molecule has 12 rings (SSSR count). The zero-order valence-corrected chi connectivity index (χ0v) is 49.1. The van der Waals surface area contributed by atoms with Crippen LogP contribution in [0.4, 0.5) is 11.4 Å². The number of amidine groups is 2. The highest BCUT2D eigenvalue weighted by atomic mass is 28.3. The van der Waals surface area contributed by atoms with Gasteiger partial charge < -0.3 is 24.0 Å². The molecule has 6 aliphatic heterocycles. The molecular formula is C66H78N8O5Si. The van der Waals surface area contributed by atoms with Gasteiger partial charge in [0.05, 0.1) is 23.5 Å². The summed E-state index contributed by atoms with van der Waals surface area (Å²) in [4.78, 5) is 35.0. The first-order chi connectivity index (χ1) is 38.4. The quantitative estimate of drug-likeness (QED) is 0.0793. The number of hydrazone groups is 2. The molecule has 2 saturated heterocycles. The van der Waals surface area contributed by atoms with Gasteiger partial charge in [0.25, 0.3) is 11.8 Å². The van der Waals surface area contributed by atoms with Crippen LogP contribution in [0.15, 0.2) is 156 Å². The van der Waals surface area contributed by atoms with Crippen LogP contribution in [0.25, 0.3) is 0 Å². The number of carbonyl (C=O) groups excluding carboxylic acids is 2. The van der Waals surface area contributed by atoms with Crippen molar-refractivity contribution >= 4 is 42.9 Å². The van der Waals surface area contributed by atoms with Crippen LogP contribution in [0.2, 0.25) is 25.7 Å². The van der Waals surface area contributed by atoms with Gasteiger partial charge in [-0.15, -0.1) is 0 Å². The number of hydrogen-bond acceptors (Lipinski definition) is 11. The first-order valence-corrected chi connectivity index (χ1v) is 32.3. The number of carbonyl (C=O) groups is 2.